The van der Waals surface area contributed by atoms with Crippen LogP contribution in [0.1, 0.15) is 47.2 Å². The molecule has 61 heavy (non-hydrogen) atoms. The van der Waals surface area contributed by atoms with Gasteiger partial charge >= 0.3 is 0 Å². The van der Waals surface area contributed by atoms with Crippen molar-refractivity contribution < 1.29 is 0 Å². The second-order valence-corrected chi connectivity index (χ2v) is 17.2. The molecular formula is C60H43N. The summed E-state index contributed by atoms with van der Waals surface area (Å²) in [7, 11) is 0. The molecule has 0 unspecified atom stereocenters. The molecule has 2 aliphatic rings. The smallest absolute Gasteiger partial charge is 0.0714 e. The Hall–Kier alpha value is -7.48. The van der Waals surface area contributed by atoms with Crippen LogP contribution in [0.2, 0.25) is 0 Å². The van der Waals surface area contributed by atoms with Gasteiger partial charge in [0.25, 0.3) is 0 Å². The van der Waals surface area contributed by atoms with Crippen molar-refractivity contribution in [1.29, 1.82) is 0 Å². The quantitative estimate of drug-likeness (QED) is 0.152. The van der Waals surface area contributed by atoms with Gasteiger partial charge in [0, 0.05) is 22.4 Å². The van der Waals surface area contributed by atoms with Gasteiger partial charge < -0.3 is 4.90 Å². The van der Waals surface area contributed by atoms with E-state index in [-0.39, 0.29) is 5.41 Å². The Morgan fingerprint density at radius 1 is 0.344 bits per heavy atom. The SMILES string of the molecule is CC1(C)c2ccccc2-c2ccc(N(c3ccc(-c4ccc5ccc6ccccc6c5c4)cc3)c3cccc4c3-c3ccccc3C4(c3ccccc3)c3ccccc3)cc21. The zero-order chi connectivity index (χ0) is 40.7. The van der Waals surface area contributed by atoms with Crippen molar-refractivity contribution in [2.75, 3.05) is 4.90 Å². The van der Waals surface area contributed by atoms with Crippen molar-refractivity contribution in [3.05, 3.63) is 258 Å². The highest BCUT2D eigenvalue weighted by atomic mass is 15.1. The predicted octanol–water partition coefficient (Wildman–Crippen LogP) is 15.8. The number of anilines is 3. The fourth-order valence-corrected chi connectivity index (χ4v) is 10.9. The molecule has 288 valence electrons. The van der Waals surface area contributed by atoms with Crippen molar-refractivity contribution in [3.63, 3.8) is 0 Å². The monoisotopic (exact) mass is 777 g/mol. The molecule has 0 saturated heterocycles. The minimum atomic E-state index is -0.498. The Morgan fingerprint density at radius 3 is 1.66 bits per heavy atom. The number of benzene rings is 10. The molecule has 0 radical (unpaired) electrons. The molecule has 10 aromatic carbocycles. The van der Waals surface area contributed by atoms with Gasteiger partial charge in [-0.25, -0.2) is 0 Å². The minimum absolute atomic E-state index is 0.140. The van der Waals surface area contributed by atoms with Crippen molar-refractivity contribution in [3.8, 4) is 33.4 Å². The van der Waals surface area contributed by atoms with Crippen LogP contribution >= 0.6 is 0 Å². The number of fused-ring (bicyclic) bond motifs is 9. The molecule has 0 heterocycles. The first kappa shape index (κ1) is 35.5. The summed E-state index contributed by atoms with van der Waals surface area (Å²) in [5.41, 5.74) is 18.2. The summed E-state index contributed by atoms with van der Waals surface area (Å²) in [5.74, 6) is 0. The van der Waals surface area contributed by atoms with Crippen LogP contribution in [-0.4, -0.2) is 0 Å². The van der Waals surface area contributed by atoms with Gasteiger partial charge in [0.15, 0.2) is 0 Å². The van der Waals surface area contributed by atoms with E-state index in [1.807, 2.05) is 0 Å². The van der Waals surface area contributed by atoms with E-state index in [4.69, 9.17) is 0 Å². The molecule has 0 amide bonds. The number of rotatable bonds is 6. The molecule has 0 atom stereocenters. The molecule has 0 saturated carbocycles. The third kappa shape index (κ3) is 5.20. The van der Waals surface area contributed by atoms with Crippen molar-refractivity contribution in [2.24, 2.45) is 0 Å². The molecule has 0 spiro atoms. The molecule has 1 nitrogen and oxygen atoms in total. The third-order valence-corrected chi connectivity index (χ3v) is 13.7. The van der Waals surface area contributed by atoms with Crippen molar-refractivity contribution in [2.45, 2.75) is 24.7 Å². The Bertz CT molecular complexity index is 3280. The van der Waals surface area contributed by atoms with Gasteiger partial charge in [-0.15, -0.1) is 0 Å². The van der Waals surface area contributed by atoms with Gasteiger partial charge in [-0.2, -0.15) is 0 Å². The maximum Gasteiger partial charge on any atom is 0.0714 e. The molecule has 0 N–H and O–H groups in total. The number of nitrogens with zero attached hydrogens (tertiary/aromatic N) is 1. The van der Waals surface area contributed by atoms with Crippen LogP contribution in [-0.2, 0) is 10.8 Å². The zero-order valence-electron chi connectivity index (χ0n) is 34.3. The molecule has 2 aliphatic carbocycles. The number of hydrogen-bond acceptors (Lipinski definition) is 1. The fourth-order valence-electron chi connectivity index (χ4n) is 10.9. The van der Waals surface area contributed by atoms with E-state index in [9.17, 15) is 0 Å². The number of hydrogen-bond donors (Lipinski definition) is 0. The van der Waals surface area contributed by atoms with Gasteiger partial charge in [0.05, 0.1) is 11.1 Å². The third-order valence-electron chi connectivity index (χ3n) is 13.7. The molecular weight excluding hydrogens is 735 g/mol. The Labute approximate surface area is 357 Å². The summed E-state index contributed by atoms with van der Waals surface area (Å²) in [6.07, 6.45) is 0. The Morgan fingerprint density at radius 2 is 0.902 bits per heavy atom. The summed E-state index contributed by atoms with van der Waals surface area (Å²) in [4.78, 5) is 2.51. The van der Waals surface area contributed by atoms with Crippen LogP contribution in [0.25, 0.3) is 54.9 Å². The standard InChI is InChI=1S/C60H43N/c1-59(2)53-24-13-11-22-49(53)50-37-36-47(39-56(50)59)61(46-34-32-40(33-35-46)43-31-30-42-29-28-41-16-9-10-21-48(41)52(42)38-43)57-27-15-26-55-58(57)51-23-12-14-25-54(51)60(55,44-17-5-3-6-18-44)45-19-7-4-8-20-45/h3-39H,1-2H3. The van der Waals surface area contributed by atoms with E-state index in [0.717, 1.165) is 17.1 Å². The molecule has 1 heteroatoms. The van der Waals surface area contributed by atoms with Crippen LogP contribution in [0.3, 0.4) is 0 Å². The highest BCUT2D eigenvalue weighted by Crippen LogP contribution is 2.60. The van der Waals surface area contributed by atoms with Gasteiger partial charge in [0.2, 0.25) is 0 Å². The first-order valence-corrected chi connectivity index (χ1v) is 21.4. The fraction of sp³-hybridized carbons (Fsp3) is 0.0667. The average Bonchev–Trinajstić information content (AvgIpc) is 3.76. The highest BCUT2D eigenvalue weighted by Gasteiger charge is 2.47. The van der Waals surface area contributed by atoms with Crippen molar-refractivity contribution >= 4 is 38.6 Å². The van der Waals surface area contributed by atoms with E-state index in [2.05, 4.69) is 243 Å². The van der Waals surface area contributed by atoms with E-state index >= 15 is 0 Å². The molecule has 0 fully saturated rings. The minimum Gasteiger partial charge on any atom is -0.310 e. The summed E-state index contributed by atoms with van der Waals surface area (Å²) in [6.45, 7) is 4.75. The molecule has 0 bridgehead atoms. The van der Waals surface area contributed by atoms with Crippen molar-refractivity contribution in [1.82, 2.24) is 0 Å². The van der Waals surface area contributed by atoms with Gasteiger partial charge in [-0.3, -0.25) is 0 Å². The predicted molar refractivity (Wildman–Crippen MR) is 256 cm³/mol. The first-order valence-electron chi connectivity index (χ1n) is 21.4. The summed E-state index contributed by atoms with van der Waals surface area (Å²) < 4.78 is 0. The van der Waals surface area contributed by atoms with Crippen LogP contribution in [0.15, 0.2) is 224 Å². The molecule has 12 rings (SSSR count). The normalized spacial score (nSPS) is 14.0. The molecule has 0 aromatic heterocycles. The lowest BCUT2D eigenvalue weighted by molar-refractivity contribution is 0.660. The summed E-state index contributed by atoms with van der Waals surface area (Å²) >= 11 is 0. The maximum atomic E-state index is 2.51. The second-order valence-electron chi connectivity index (χ2n) is 17.2. The van der Waals surface area contributed by atoms with Gasteiger partial charge in [0.1, 0.15) is 0 Å². The topological polar surface area (TPSA) is 3.24 Å². The Kier molecular flexibility index (Phi) is 7.86. The van der Waals surface area contributed by atoms with Crippen LogP contribution in [0, 0.1) is 0 Å². The largest absolute Gasteiger partial charge is 0.310 e. The van der Waals surface area contributed by atoms with E-state index in [1.54, 1.807) is 0 Å². The molecule has 10 aromatic rings. The summed E-state index contributed by atoms with van der Waals surface area (Å²) in [6, 6.07) is 83.6. The van der Waals surface area contributed by atoms with E-state index < -0.39 is 5.41 Å². The first-order chi connectivity index (χ1) is 30.0. The second kappa shape index (κ2) is 13.5. The summed E-state index contributed by atoms with van der Waals surface area (Å²) in [5, 5.41) is 5.08. The Balaban J connectivity index is 1.09. The molecule has 0 aliphatic heterocycles. The van der Waals surface area contributed by atoms with Crippen LogP contribution in [0.4, 0.5) is 17.1 Å². The van der Waals surface area contributed by atoms with Gasteiger partial charge in [-0.1, -0.05) is 202 Å². The van der Waals surface area contributed by atoms with Crippen LogP contribution in [0.5, 0.6) is 0 Å². The average molecular weight is 778 g/mol. The van der Waals surface area contributed by atoms with E-state index in [1.165, 1.54) is 88.3 Å². The van der Waals surface area contributed by atoms with Gasteiger partial charge in [-0.05, 0) is 119 Å². The maximum absolute atomic E-state index is 2.51. The lowest BCUT2D eigenvalue weighted by atomic mass is 9.68. The highest BCUT2D eigenvalue weighted by molar-refractivity contribution is 6.09. The zero-order valence-corrected chi connectivity index (χ0v) is 34.3. The van der Waals surface area contributed by atoms with E-state index in [0.29, 0.717) is 0 Å². The lowest BCUT2D eigenvalue weighted by Gasteiger charge is -2.34. The lowest BCUT2D eigenvalue weighted by Crippen LogP contribution is -2.28. The van der Waals surface area contributed by atoms with Crippen LogP contribution < -0.4 is 4.90 Å².